The van der Waals surface area contributed by atoms with Crippen LogP contribution in [-0.2, 0) is 18.9 Å². The van der Waals surface area contributed by atoms with Crippen LogP contribution in [-0.4, -0.2) is 29.6 Å². The maximum absolute atomic E-state index is 11.8. The SMILES string of the molecule is CCC(OS(=O)(=O)C(F)(F)F)P(=O)(O)O. The van der Waals surface area contributed by atoms with Crippen LogP contribution in [0.3, 0.4) is 0 Å². The first-order valence-corrected chi connectivity index (χ1v) is 6.55. The van der Waals surface area contributed by atoms with E-state index in [-0.39, 0.29) is 0 Å². The average molecular weight is 272 g/mol. The first-order chi connectivity index (χ1) is 6.42. The summed E-state index contributed by atoms with van der Waals surface area (Å²) >= 11 is 0. The highest BCUT2D eigenvalue weighted by Crippen LogP contribution is 2.45. The Bertz CT molecular complexity index is 355. The highest BCUT2D eigenvalue weighted by molar-refractivity contribution is 7.87. The highest BCUT2D eigenvalue weighted by atomic mass is 32.2. The fourth-order valence-electron chi connectivity index (χ4n) is 0.563. The molecule has 0 heterocycles. The van der Waals surface area contributed by atoms with Gasteiger partial charge in [0.2, 0.25) is 0 Å². The van der Waals surface area contributed by atoms with Gasteiger partial charge in [-0.25, -0.2) is 4.18 Å². The van der Waals surface area contributed by atoms with Crippen molar-refractivity contribution in [2.24, 2.45) is 0 Å². The van der Waals surface area contributed by atoms with Gasteiger partial charge in [-0.2, -0.15) is 21.6 Å². The molecule has 11 heteroatoms. The van der Waals surface area contributed by atoms with Crippen molar-refractivity contribution in [2.45, 2.75) is 24.7 Å². The number of halogens is 3. The Hall–Kier alpha value is -0.150. The normalized spacial score (nSPS) is 16.4. The van der Waals surface area contributed by atoms with Crippen molar-refractivity contribution in [3.8, 4) is 0 Å². The first kappa shape index (κ1) is 14.8. The lowest BCUT2D eigenvalue weighted by Crippen LogP contribution is -2.29. The summed E-state index contributed by atoms with van der Waals surface area (Å²) in [5.41, 5.74) is -5.70. The molecule has 0 spiro atoms. The second kappa shape index (κ2) is 4.38. The molecule has 0 aliphatic heterocycles. The minimum absolute atomic E-state index is 0.570. The number of hydrogen-bond acceptors (Lipinski definition) is 4. The molecule has 0 saturated heterocycles. The maximum atomic E-state index is 11.8. The third-order valence-corrected chi connectivity index (χ3v) is 3.66. The van der Waals surface area contributed by atoms with E-state index in [9.17, 15) is 26.2 Å². The third-order valence-electron chi connectivity index (χ3n) is 1.25. The van der Waals surface area contributed by atoms with Crippen LogP contribution in [0.1, 0.15) is 13.3 Å². The summed E-state index contributed by atoms with van der Waals surface area (Å²) in [4.78, 5) is 16.9. The van der Waals surface area contributed by atoms with Crippen LogP contribution in [0.4, 0.5) is 13.2 Å². The van der Waals surface area contributed by atoms with Crippen LogP contribution in [0.15, 0.2) is 0 Å². The summed E-state index contributed by atoms with van der Waals surface area (Å²) in [6.07, 6.45) is -0.570. The topological polar surface area (TPSA) is 101 Å². The molecule has 0 fully saturated rings. The van der Waals surface area contributed by atoms with E-state index in [0.29, 0.717) is 0 Å². The molecule has 1 atom stereocenters. The molecule has 0 rings (SSSR count). The van der Waals surface area contributed by atoms with Crippen LogP contribution >= 0.6 is 7.60 Å². The molecule has 0 saturated carbocycles. The van der Waals surface area contributed by atoms with Gasteiger partial charge in [0, 0.05) is 0 Å². The van der Waals surface area contributed by atoms with Gasteiger partial charge in [0.05, 0.1) is 0 Å². The fraction of sp³-hybridized carbons (Fsp3) is 1.00. The summed E-state index contributed by atoms with van der Waals surface area (Å²) in [5, 5.41) is 0. The molecule has 0 amide bonds. The van der Waals surface area contributed by atoms with E-state index >= 15 is 0 Å². The number of alkyl halides is 3. The van der Waals surface area contributed by atoms with Crippen LogP contribution < -0.4 is 0 Å². The molecular formula is C4H8F3O6PS. The van der Waals surface area contributed by atoms with Gasteiger partial charge >= 0.3 is 23.2 Å². The van der Waals surface area contributed by atoms with Gasteiger partial charge in [-0.3, -0.25) is 4.57 Å². The zero-order chi connectivity index (χ0) is 12.5. The van der Waals surface area contributed by atoms with Crippen molar-refractivity contribution in [3.63, 3.8) is 0 Å². The van der Waals surface area contributed by atoms with Gasteiger partial charge in [0.15, 0.2) is 5.85 Å². The summed E-state index contributed by atoms with van der Waals surface area (Å²) in [6, 6.07) is 0. The van der Waals surface area contributed by atoms with Gasteiger partial charge in [-0.15, -0.1) is 0 Å². The van der Waals surface area contributed by atoms with Crippen LogP contribution in [0, 0.1) is 0 Å². The van der Waals surface area contributed by atoms with Crippen LogP contribution in [0.2, 0.25) is 0 Å². The van der Waals surface area contributed by atoms with E-state index in [4.69, 9.17) is 9.79 Å². The largest absolute Gasteiger partial charge is 0.523 e. The van der Waals surface area contributed by atoms with E-state index in [1.54, 1.807) is 0 Å². The minimum Gasteiger partial charge on any atom is -0.323 e. The standard InChI is InChI=1S/C4H8F3O6PS/c1-2-3(14(8,9)10)13-15(11,12)4(5,6)7/h3H,2H2,1H3,(H2,8,9,10). The molecule has 6 nitrogen and oxygen atoms in total. The lowest BCUT2D eigenvalue weighted by molar-refractivity contribution is -0.0556. The Morgan fingerprint density at radius 3 is 2.00 bits per heavy atom. The Balaban J connectivity index is 4.96. The maximum Gasteiger partial charge on any atom is 0.523 e. The van der Waals surface area contributed by atoms with Gasteiger partial charge in [-0.05, 0) is 6.42 Å². The number of rotatable bonds is 4. The lowest BCUT2D eigenvalue weighted by atomic mass is 10.5. The Morgan fingerprint density at radius 2 is 1.80 bits per heavy atom. The molecule has 1 unspecified atom stereocenters. The Morgan fingerprint density at radius 1 is 1.40 bits per heavy atom. The molecule has 0 aliphatic carbocycles. The smallest absolute Gasteiger partial charge is 0.323 e. The predicted molar refractivity (Wildman–Crippen MR) is 42.2 cm³/mol. The monoisotopic (exact) mass is 272 g/mol. The van der Waals surface area contributed by atoms with E-state index in [2.05, 4.69) is 4.18 Å². The molecule has 0 aromatic heterocycles. The fourth-order valence-corrected chi connectivity index (χ4v) is 2.36. The quantitative estimate of drug-likeness (QED) is 0.445. The number of hydrogen-bond donors (Lipinski definition) is 2. The van der Waals surface area contributed by atoms with Crippen molar-refractivity contribution in [1.82, 2.24) is 0 Å². The van der Waals surface area contributed by atoms with E-state index < -0.39 is 35.5 Å². The summed E-state index contributed by atoms with van der Waals surface area (Å²) in [7, 11) is -11.0. The van der Waals surface area contributed by atoms with E-state index in [0.717, 1.165) is 6.92 Å². The van der Waals surface area contributed by atoms with Gasteiger partial charge < -0.3 is 9.79 Å². The summed E-state index contributed by atoms with van der Waals surface area (Å²) in [6.45, 7) is 1.08. The summed E-state index contributed by atoms with van der Waals surface area (Å²) in [5.74, 6) is -2.32. The van der Waals surface area contributed by atoms with Crippen molar-refractivity contribution in [3.05, 3.63) is 0 Å². The van der Waals surface area contributed by atoms with Crippen molar-refractivity contribution >= 4 is 17.7 Å². The molecule has 0 bridgehead atoms. The average Bonchev–Trinajstić information content (AvgIpc) is 1.95. The lowest BCUT2D eigenvalue weighted by Gasteiger charge is -2.17. The Kier molecular flexibility index (Phi) is 4.34. The second-order valence-electron chi connectivity index (χ2n) is 2.45. The van der Waals surface area contributed by atoms with Crippen molar-refractivity contribution in [2.75, 3.05) is 0 Å². The van der Waals surface area contributed by atoms with E-state index in [1.165, 1.54) is 0 Å². The molecule has 0 radical (unpaired) electrons. The van der Waals surface area contributed by atoms with Gasteiger partial charge in [-0.1, -0.05) is 6.92 Å². The molecular weight excluding hydrogens is 264 g/mol. The van der Waals surface area contributed by atoms with Gasteiger partial charge in [0.25, 0.3) is 0 Å². The van der Waals surface area contributed by atoms with E-state index in [1.807, 2.05) is 0 Å². The molecule has 2 N–H and O–H groups in total. The molecule has 0 aromatic rings. The molecule has 0 aliphatic rings. The Labute approximate surface area is 83.3 Å². The molecule has 0 aromatic carbocycles. The zero-order valence-corrected chi connectivity index (χ0v) is 9.01. The predicted octanol–water partition coefficient (Wildman–Crippen LogP) is 0.766. The summed E-state index contributed by atoms with van der Waals surface area (Å²) < 4.78 is 69.9. The molecule has 92 valence electrons. The third kappa shape index (κ3) is 4.07. The minimum atomic E-state index is -5.98. The molecule has 15 heavy (non-hydrogen) atoms. The highest BCUT2D eigenvalue weighted by Gasteiger charge is 2.50. The first-order valence-electron chi connectivity index (χ1n) is 3.46. The van der Waals surface area contributed by atoms with Crippen molar-refractivity contribution in [1.29, 1.82) is 0 Å². The van der Waals surface area contributed by atoms with Gasteiger partial charge in [0.1, 0.15) is 0 Å². The van der Waals surface area contributed by atoms with Crippen LogP contribution in [0.5, 0.6) is 0 Å². The zero-order valence-electron chi connectivity index (χ0n) is 7.30. The second-order valence-corrected chi connectivity index (χ2v) is 5.77. The van der Waals surface area contributed by atoms with Crippen LogP contribution in [0.25, 0.3) is 0 Å². The van der Waals surface area contributed by atoms with Crippen molar-refractivity contribution < 1.29 is 40.1 Å².